The summed E-state index contributed by atoms with van der Waals surface area (Å²) < 4.78 is 5.89. The fraction of sp³-hybridized carbons (Fsp3) is 0.632. The van der Waals surface area contributed by atoms with E-state index < -0.39 is 0 Å². The van der Waals surface area contributed by atoms with Crippen LogP contribution in [0.2, 0.25) is 0 Å². The van der Waals surface area contributed by atoms with Gasteiger partial charge >= 0.3 is 0 Å². The molecule has 0 unspecified atom stereocenters. The van der Waals surface area contributed by atoms with E-state index in [0.717, 1.165) is 37.9 Å². The van der Waals surface area contributed by atoms with Gasteiger partial charge in [0.05, 0.1) is 12.7 Å². The van der Waals surface area contributed by atoms with Crippen LogP contribution in [-0.4, -0.2) is 48.4 Å². The Labute approximate surface area is 150 Å². The van der Waals surface area contributed by atoms with Crippen LogP contribution in [0.25, 0.3) is 0 Å². The molecular formula is C19H29N3OS. The summed E-state index contributed by atoms with van der Waals surface area (Å²) in [5.41, 5.74) is 1.36. The first-order valence-corrected chi connectivity index (χ1v) is 9.62. The van der Waals surface area contributed by atoms with E-state index in [9.17, 15) is 0 Å². The lowest BCUT2D eigenvalue weighted by molar-refractivity contribution is -0.0280. The van der Waals surface area contributed by atoms with Gasteiger partial charge in [0.15, 0.2) is 5.11 Å². The molecule has 2 N–H and O–H groups in total. The van der Waals surface area contributed by atoms with Crippen LogP contribution in [0.15, 0.2) is 30.3 Å². The predicted molar refractivity (Wildman–Crippen MR) is 102 cm³/mol. The molecule has 0 bridgehead atoms. The van der Waals surface area contributed by atoms with Crippen LogP contribution < -0.4 is 10.6 Å². The zero-order valence-electron chi connectivity index (χ0n) is 14.4. The molecule has 2 aliphatic rings. The van der Waals surface area contributed by atoms with E-state index in [1.807, 2.05) is 0 Å². The van der Waals surface area contributed by atoms with Crippen molar-refractivity contribution in [2.75, 3.05) is 26.2 Å². The van der Waals surface area contributed by atoms with Crippen molar-refractivity contribution in [2.24, 2.45) is 0 Å². The molecule has 132 valence electrons. The van der Waals surface area contributed by atoms with E-state index in [4.69, 9.17) is 17.0 Å². The monoisotopic (exact) mass is 347 g/mol. The maximum atomic E-state index is 5.89. The van der Waals surface area contributed by atoms with Crippen LogP contribution in [-0.2, 0) is 11.3 Å². The van der Waals surface area contributed by atoms with Gasteiger partial charge in [0.2, 0.25) is 0 Å². The van der Waals surface area contributed by atoms with E-state index >= 15 is 0 Å². The van der Waals surface area contributed by atoms with Gasteiger partial charge in [-0.1, -0.05) is 49.6 Å². The third-order valence-corrected chi connectivity index (χ3v) is 5.16. The molecule has 1 aromatic carbocycles. The van der Waals surface area contributed by atoms with Crippen LogP contribution in [0.1, 0.15) is 37.7 Å². The molecule has 4 nitrogen and oxygen atoms in total. The topological polar surface area (TPSA) is 36.5 Å². The summed E-state index contributed by atoms with van der Waals surface area (Å²) in [5, 5.41) is 7.60. The maximum absolute atomic E-state index is 5.89. The number of hydrogen-bond acceptors (Lipinski definition) is 3. The van der Waals surface area contributed by atoms with Crippen molar-refractivity contribution in [1.82, 2.24) is 15.5 Å². The standard InChI is InChI=1S/C19H29N3OS/c24-19(21-17-9-5-2-6-10-17)20-13-18-15-22(11-12-23-18)14-16-7-3-1-4-8-16/h1,3-4,7-8,17-18H,2,5-6,9-15H2,(H2,20,21,24)/t18-/m1/s1. The molecule has 0 spiro atoms. The number of nitrogens with one attached hydrogen (secondary N) is 2. The molecular weight excluding hydrogens is 318 g/mol. The molecule has 0 amide bonds. The molecule has 1 saturated carbocycles. The lowest BCUT2D eigenvalue weighted by Crippen LogP contribution is -2.50. The minimum absolute atomic E-state index is 0.202. The molecule has 0 aromatic heterocycles. The predicted octanol–water partition coefficient (Wildman–Crippen LogP) is 2.68. The van der Waals surface area contributed by atoms with E-state index in [0.29, 0.717) is 6.04 Å². The summed E-state index contributed by atoms with van der Waals surface area (Å²) in [6.45, 7) is 4.52. The van der Waals surface area contributed by atoms with Crippen LogP contribution in [0.4, 0.5) is 0 Å². The molecule has 2 fully saturated rings. The normalized spacial score (nSPS) is 22.9. The Hall–Kier alpha value is -1.17. The highest BCUT2D eigenvalue weighted by atomic mass is 32.1. The van der Waals surface area contributed by atoms with Gasteiger partial charge in [0, 0.05) is 32.2 Å². The molecule has 1 aliphatic heterocycles. The largest absolute Gasteiger partial charge is 0.374 e. The molecule has 1 aromatic rings. The molecule has 5 heteroatoms. The van der Waals surface area contributed by atoms with Gasteiger partial charge in [0.1, 0.15) is 0 Å². The van der Waals surface area contributed by atoms with Gasteiger partial charge in [-0.05, 0) is 30.6 Å². The summed E-state index contributed by atoms with van der Waals surface area (Å²) in [5.74, 6) is 0. The highest BCUT2D eigenvalue weighted by Crippen LogP contribution is 2.17. The summed E-state index contributed by atoms with van der Waals surface area (Å²) in [4.78, 5) is 2.46. The van der Waals surface area contributed by atoms with Gasteiger partial charge in [-0.25, -0.2) is 0 Å². The number of thiocarbonyl (C=S) groups is 1. The van der Waals surface area contributed by atoms with Crippen LogP contribution in [0.5, 0.6) is 0 Å². The van der Waals surface area contributed by atoms with Crippen LogP contribution in [0, 0.1) is 0 Å². The second kappa shape index (κ2) is 9.35. The first kappa shape index (κ1) is 17.6. The molecule has 1 saturated heterocycles. The summed E-state index contributed by atoms with van der Waals surface area (Å²) in [6.07, 6.45) is 6.69. The second-order valence-electron chi connectivity index (χ2n) is 6.90. The Bertz CT molecular complexity index is 505. The Balaban J connectivity index is 1.38. The summed E-state index contributed by atoms with van der Waals surface area (Å²) >= 11 is 5.45. The van der Waals surface area contributed by atoms with Crippen molar-refractivity contribution in [3.05, 3.63) is 35.9 Å². The minimum Gasteiger partial charge on any atom is -0.374 e. The third kappa shape index (κ3) is 5.72. The van der Waals surface area contributed by atoms with E-state index in [2.05, 4.69) is 45.9 Å². The first-order chi connectivity index (χ1) is 11.8. The van der Waals surface area contributed by atoms with Gasteiger partial charge in [0.25, 0.3) is 0 Å². The summed E-state index contributed by atoms with van der Waals surface area (Å²) in [7, 11) is 0. The Morgan fingerprint density at radius 1 is 1.17 bits per heavy atom. The SMILES string of the molecule is S=C(NC[C@@H]1CN(Cc2ccccc2)CCO1)NC1CCCCC1. The van der Waals surface area contributed by atoms with Crippen LogP contribution in [0.3, 0.4) is 0 Å². The molecule has 24 heavy (non-hydrogen) atoms. The average Bonchev–Trinajstić information content (AvgIpc) is 2.62. The van der Waals surface area contributed by atoms with Crippen LogP contribution >= 0.6 is 12.2 Å². The van der Waals surface area contributed by atoms with Crippen molar-refractivity contribution in [2.45, 2.75) is 50.8 Å². The number of rotatable bonds is 5. The first-order valence-electron chi connectivity index (χ1n) is 9.22. The minimum atomic E-state index is 0.202. The Kier molecular flexibility index (Phi) is 6.87. The Morgan fingerprint density at radius 3 is 2.75 bits per heavy atom. The average molecular weight is 348 g/mol. The lowest BCUT2D eigenvalue weighted by Gasteiger charge is -2.33. The van der Waals surface area contributed by atoms with Crippen molar-refractivity contribution in [3.63, 3.8) is 0 Å². The molecule has 1 aliphatic carbocycles. The lowest BCUT2D eigenvalue weighted by atomic mass is 9.96. The van der Waals surface area contributed by atoms with Crippen molar-refractivity contribution in [3.8, 4) is 0 Å². The van der Waals surface area contributed by atoms with Gasteiger partial charge < -0.3 is 15.4 Å². The zero-order valence-corrected chi connectivity index (χ0v) is 15.2. The smallest absolute Gasteiger partial charge is 0.166 e. The second-order valence-corrected chi connectivity index (χ2v) is 7.31. The van der Waals surface area contributed by atoms with Gasteiger partial charge in [-0.2, -0.15) is 0 Å². The fourth-order valence-corrected chi connectivity index (χ4v) is 3.83. The number of morpholine rings is 1. The summed E-state index contributed by atoms with van der Waals surface area (Å²) in [6, 6.07) is 11.2. The highest BCUT2D eigenvalue weighted by Gasteiger charge is 2.21. The van der Waals surface area contributed by atoms with Crippen molar-refractivity contribution in [1.29, 1.82) is 0 Å². The van der Waals surface area contributed by atoms with E-state index in [1.54, 1.807) is 0 Å². The van der Waals surface area contributed by atoms with E-state index in [-0.39, 0.29) is 6.10 Å². The molecule has 1 heterocycles. The molecule has 3 rings (SSSR count). The number of benzene rings is 1. The number of ether oxygens (including phenoxy) is 1. The third-order valence-electron chi connectivity index (χ3n) is 4.90. The zero-order chi connectivity index (χ0) is 16.6. The van der Waals surface area contributed by atoms with E-state index in [1.165, 1.54) is 37.7 Å². The fourth-order valence-electron chi connectivity index (χ4n) is 3.58. The molecule has 0 radical (unpaired) electrons. The number of nitrogens with zero attached hydrogens (tertiary/aromatic N) is 1. The van der Waals surface area contributed by atoms with Crippen molar-refractivity contribution < 1.29 is 4.74 Å². The van der Waals surface area contributed by atoms with Crippen molar-refractivity contribution >= 4 is 17.3 Å². The number of hydrogen-bond donors (Lipinski definition) is 2. The van der Waals surface area contributed by atoms with Gasteiger partial charge in [-0.3, -0.25) is 4.90 Å². The van der Waals surface area contributed by atoms with Gasteiger partial charge in [-0.15, -0.1) is 0 Å². The maximum Gasteiger partial charge on any atom is 0.166 e. The highest BCUT2D eigenvalue weighted by molar-refractivity contribution is 7.80. The quantitative estimate of drug-likeness (QED) is 0.801. The molecule has 1 atom stereocenters. The Morgan fingerprint density at radius 2 is 1.96 bits per heavy atom.